The van der Waals surface area contributed by atoms with Crippen LogP contribution in [0, 0.1) is 6.92 Å². The van der Waals surface area contributed by atoms with Gasteiger partial charge in [0.1, 0.15) is 0 Å². The maximum atomic E-state index is 12.5. The summed E-state index contributed by atoms with van der Waals surface area (Å²) in [6.07, 6.45) is 0. The Hall–Kier alpha value is -1.64. The molecule has 0 saturated carbocycles. The second kappa shape index (κ2) is 6.42. The summed E-state index contributed by atoms with van der Waals surface area (Å²) in [4.78, 5) is 2.27. The van der Waals surface area contributed by atoms with Crippen molar-refractivity contribution in [1.82, 2.24) is 9.21 Å². The van der Waals surface area contributed by atoms with Gasteiger partial charge in [0.15, 0.2) is 5.84 Å². The maximum Gasteiger partial charge on any atom is 0.243 e. The van der Waals surface area contributed by atoms with Crippen molar-refractivity contribution in [2.45, 2.75) is 11.8 Å². The van der Waals surface area contributed by atoms with Crippen molar-refractivity contribution in [1.29, 1.82) is 0 Å². The molecule has 0 unspecified atom stereocenters. The van der Waals surface area contributed by atoms with Crippen LogP contribution in [0.15, 0.2) is 34.3 Å². The molecule has 0 aromatic heterocycles. The van der Waals surface area contributed by atoms with Gasteiger partial charge in [-0.15, -0.1) is 0 Å². The van der Waals surface area contributed by atoms with Crippen LogP contribution in [-0.4, -0.2) is 61.4 Å². The van der Waals surface area contributed by atoms with Crippen LogP contribution in [0.25, 0.3) is 0 Å². The van der Waals surface area contributed by atoms with Crippen molar-refractivity contribution >= 4 is 15.9 Å². The van der Waals surface area contributed by atoms with E-state index in [4.69, 9.17) is 10.9 Å². The molecule has 0 radical (unpaired) electrons. The Morgan fingerprint density at radius 2 is 1.81 bits per heavy atom. The molecular formula is C13H20N4O3S. The quantitative estimate of drug-likeness (QED) is 0.354. The third kappa shape index (κ3) is 3.72. The summed E-state index contributed by atoms with van der Waals surface area (Å²) in [7, 11) is -3.44. The van der Waals surface area contributed by atoms with Crippen LogP contribution >= 0.6 is 0 Å². The number of oxime groups is 1. The predicted octanol–water partition coefficient (Wildman–Crippen LogP) is 0.0477. The fourth-order valence-corrected chi connectivity index (χ4v) is 3.67. The number of amidine groups is 1. The highest BCUT2D eigenvalue weighted by Crippen LogP contribution is 2.18. The van der Waals surface area contributed by atoms with E-state index in [1.54, 1.807) is 24.3 Å². The minimum absolute atomic E-state index is 0.129. The summed E-state index contributed by atoms with van der Waals surface area (Å²) < 4.78 is 26.5. The monoisotopic (exact) mass is 312 g/mol. The fourth-order valence-electron chi connectivity index (χ4n) is 2.25. The Morgan fingerprint density at radius 3 is 2.33 bits per heavy atom. The fraction of sp³-hybridized carbons (Fsp3) is 0.462. The lowest BCUT2D eigenvalue weighted by Gasteiger charge is -2.33. The molecular weight excluding hydrogens is 292 g/mol. The molecule has 8 heteroatoms. The second-order valence-electron chi connectivity index (χ2n) is 5.08. The van der Waals surface area contributed by atoms with Crippen molar-refractivity contribution in [2.24, 2.45) is 10.9 Å². The van der Waals surface area contributed by atoms with E-state index in [1.807, 2.05) is 11.8 Å². The first-order valence-corrected chi connectivity index (χ1v) is 8.13. The smallest absolute Gasteiger partial charge is 0.243 e. The highest BCUT2D eigenvalue weighted by molar-refractivity contribution is 7.89. The number of rotatable bonds is 4. The van der Waals surface area contributed by atoms with Crippen molar-refractivity contribution < 1.29 is 13.6 Å². The lowest BCUT2D eigenvalue weighted by molar-refractivity contribution is 0.206. The minimum Gasteiger partial charge on any atom is -0.409 e. The zero-order valence-electron chi connectivity index (χ0n) is 11.9. The summed E-state index contributed by atoms with van der Waals surface area (Å²) in [6.45, 7) is 4.17. The molecule has 0 atom stereocenters. The molecule has 7 nitrogen and oxygen atoms in total. The van der Waals surface area contributed by atoms with Gasteiger partial charge in [-0.3, -0.25) is 4.90 Å². The number of aryl methyl sites for hydroxylation is 1. The van der Waals surface area contributed by atoms with Gasteiger partial charge in [0.2, 0.25) is 10.0 Å². The highest BCUT2D eigenvalue weighted by atomic mass is 32.2. The van der Waals surface area contributed by atoms with Gasteiger partial charge < -0.3 is 10.9 Å². The van der Waals surface area contributed by atoms with Gasteiger partial charge in [-0.05, 0) is 19.1 Å². The third-order valence-electron chi connectivity index (χ3n) is 3.50. The zero-order chi connectivity index (χ0) is 15.5. The molecule has 1 aliphatic rings. The number of hydrogen-bond acceptors (Lipinski definition) is 5. The summed E-state index contributed by atoms with van der Waals surface area (Å²) in [6, 6.07) is 6.85. The first-order valence-electron chi connectivity index (χ1n) is 6.69. The van der Waals surface area contributed by atoms with Gasteiger partial charge in [-0.25, -0.2) is 8.42 Å². The van der Waals surface area contributed by atoms with Gasteiger partial charge in [-0.1, -0.05) is 22.9 Å². The summed E-state index contributed by atoms with van der Waals surface area (Å²) >= 11 is 0. The van der Waals surface area contributed by atoms with Gasteiger partial charge >= 0.3 is 0 Å². The molecule has 2 rings (SSSR count). The number of benzene rings is 1. The molecule has 0 amide bonds. The van der Waals surface area contributed by atoms with Gasteiger partial charge in [0.25, 0.3) is 0 Å². The molecule has 21 heavy (non-hydrogen) atoms. The van der Waals surface area contributed by atoms with Crippen LogP contribution in [0.3, 0.4) is 0 Å². The molecule has 0 bridgehead atoms. The molecule has 1 fully saturated rings. The Balaban J connectivity index is 2.02. The Kier molecular flexibility index (Phi) is 4.81. The van der Waals surface area contributed by atoms with Gasteiger partial charge in [0, 0.05) is 26.2 Å². The number of nitrogens with zero attached hydrogens (tertiary/aromatic N) is 3. The van der Waals surface area contributed by atoms with E-state index in [2.05, 4.69) is 5.16 Å². The third-order valence-corrected chi connectivity index (χ3v) is 5.42. The van der Waals surface area contributed by atoms with E-state index in [0.29, 0.717) is 37.6 Å². The summed E-state index contributed by atoms with van der Waals surface area (Å²) in [5, 5.41) is 11.5. The van der Waals surface area contributed by atoms with Crippen molar-refractivity contribution in [3.05, 3.63) is 29.8 Å². The van der Waals surface area contributed by atoms with E-state index in [-0.39, 0.29) is 5.84 Å². The van der Waals surface area contributed by atoms with E-state index in [0.717, 1.165) is 5.56 Å². The second-order valence-corrected chi connectivity index (χ2v) is 7.02. The van der Waals surface area contributed by atoms with Gasteiger partial charge in [-0.2, -0.15) is 4.31 Å². The largest absolute Gasteiger partial charge is 0.409 e. The van der Waals surface area contributed by atoms with E-state index in [1.165, 1.54) is 4.31 Å². The van der Waals surface area contributed by atoms with Crippen LogP contribution in [0.2, 0.25) is 0 Å². The molecule has 116 valence electrons. The van der Waals surface area contributed by atoms with E-state index in [9.17, 15) is 8.42 Å². The summed E-state index contributed by atoms with van der Waals surface area (Å²) in [5.41, 5.74) is 6.48. The Morgan fingerprint density at radius 1 is 1.24 bits per heavy atom. The van der Waals surface area contributed by atoms with Crippen LogP contribution in [0.4, 0.5) is 0 Å². The number of sulfonamides is 1. The van der Waals surface area contributed by atoms with Crippen molar-refractivity contribution in [3.8, 4) is 0 Å². The normalized spacial score (nSPS) is 18.8. The molecule has 1 saturated heterocycles. The van der Waals surface area contributed by atoms with Crippen molar-refractivity contribution in [2.75, 3.05) is 32.7 Å². The number of piperazine rings is 1. The molecule has 3 N–H and O–H groups in total. The predicted molar refractivity (Wildman–Crippen MR) is 79.8 cm³/mol. The van der Waals surface area contributed by atoms with E-state index >= 15 is 0 Å². The molecule has 0 spiro atoms. The Labute approximate surface area is 124 Å². The average Bonchev–Trinajstić information content (AvgIpc) is 2.48. The molecule has 0 aliphatic carbocycles. The molecule has 1 aromatic rings. The zero-order valence-corrected chi connectivity index (χ0v) is 12.8. The lowest BCUT2D eigenvalue weighted by Crippen LogP contribution is -2.50. The highest BCUT2D eigenvalue weighted by Gasteiger charge is 2.28. The molecule has 1 aliphatic heterocycles. The van der Waals surface area contributed by atoms with E-state index < -0.39 is 10.0 Å². The minimum atomic E-state index is -3.44. The standard InChI is InChI=1S/C13H20N4O3S/c1-11-2-4-12(5-3-11)21(19,20)17-8-6-16(7-9-17)10-13(14)15-18/h2-5,18H,6-10H2,1H3,(H2,14,15). The van der Waals surface area contributed by atoms with Crippen LogP contribution in [-0.2, 0) is 10.0 Å². The van der Waals surface area contributed by atoms with Crippen molar-refractivity contribution in [3.63, 3.8) is 0 Å². The number of hydrogen-bond donors (Lipinski definition) is 2. The Bertz CT molecular complexity index is 605. The summed E-state index contributed by atoms with van der Waals surface area (Å²) in [5.74, 6) is 0.129. The SMILES string of the molecule is Cc1ccc(S(=O)(=O)N2CCN(CC(N)=NO)CC2)cc1. The van der Waals surface area contributed by atoms with Crippen LogP contribution in [0.5, 0.6) is 0 Å². The van der Waals surface area contributed by atoms with Crippen LogP contribution in [0.1, 0.15) is 5.56 Å². The average molecular weight is 312 g/mol. The first kappa shape index (κ1) is 15.7. The maximum absolute atomic E-state index is 12.5. The van der Waals surface area contributed by atoms with Gasteiger partial charge in [0.05, 0.1) is 11.4 Å². The molecule has 1 heterocycles. The topological polar surface area (TPSA) is 99.2 Å². The lowest BCUT2D eigenvalue weighted by atomic mass is 10.2. The van der Waals surface area contributed by atoms with Crippen LogP contribution < -0.4 is 5.73 Å². The number of nitrogens with two attached hydrogens (primary N) is 1. The first-order chi connectivity index (χ1) is 9.93. The molecule has 1 aromatic carbocycles.